The van der Waals surface area contributed by atoms with E-state index in [1.165, 1.54) is 4.31 Å². The van der Waals surface area contributed by atoms with Gasteiger partial charge in [-0.15, -0.1) is 0 Å². The van der Waals surface area contributed by atoms with Crippen molar-refractivity contribution in [2.45, 2.75) is 32.2 Å². The Bertz CT molecular complexity index is 448. The minimum atomic E-state index is -3.66. The van der Waals surface area contributed by atoms with Crippen molar-refractivity contribution in [3.05, 3.63) is 0 Å². The lowest BCUT2D eigenvalue weighted by atomic mass is 10.1. The molecule has 6 nitrogen and oxygen atoms in total. The Morgan fingerprint density at radius 2 is 1.94 bits per heavy atom. The standard InChI is InChI=1S/C8H17ClN2O4S2/c1-8-4-2-3-6-11(8)17(14,15)10-5-7-16(9,12)13/h8,10H,2-7H2,1H3. The molecule has 17 heavy (non-hydrogen) atoms. The summed E-state index contributed by atoms with van der Waals surface area (Å²) in [5.41, 5.74) is 0. The van der Waals surface area contributed by atoms with Crippen molar-refractivity contribution in [1.29, 1.82) is 0 Å². The molecule has 0 bridgehead atoms. The molecule has 1 saturated heterocycles. The SMILES string of the molecule is CC1CCCCN1S(=O)(=O)NCCS(=O)(=O)Cl. The summed E-state index contributed by atoms with van der Waals surface area (Å²) in [6.45, 7) is 2.12. The molecule has 1 atom stereocenters. The molecule has 102 valence electrons. The number of nitrogens with one attached hydrogen (secondary N) is 1. The molecule has 0 amide bonds. The molecular weight excluding hydrogens is 288 g/mol. The molecule has 0 spiro atoms. The third-order valence-electron chi connectivity index (χ3n) is 2.68. The fraction of sp³-hybridized carbons (Fsp3) is 1.00. The van der Waals surface area contributed by atoms with E-state index in [1.54, 1.807) is 0 Å². The number of rotatable bonds is 5. The van der Waals surface area contributed by atoms with Gasteiger partial charge in [-0.3, -0.25) is 0 Å². The summed E-state index contributed by atoms with van der Waals surface area (Å²) in [6, 6.07) is -0.0474. The lowest BCUT2D eigenvalue weighted by molar-refractivity contribution is 0.265. The Balaban J connectivity index is 2.56. The molecule has 0 aliphatic carbocycles. The van der Waals surface area contributed by atoms with Crippen molar-refractivity contribution >= 4 is 29.9 Å². The molecular formula is C8H17ClN2O4S2. The van der Waals surface area contributed by atoms with Crippen LogP contribution in [0.2, 0.25) is 0 Å². The first-order chi connectivity index (χ1) is 7.72. The first-order valence-electron chi connectivity index (χ1n) is 5.41. The number of halogens is 1. The van der Waals surface area contributed by atoms with Crippen LogP contribution in [-0.2, 0) is 19.3 Å². The zero-order chi connectivity index (χ0) is 13.1. The van der Waals surface area contributed by atoms with Gasteiger partial charge in [-0.2, -0.15) is 12.7 Å². The maximum Gasteiger partial charge on any atom is 0.279 e. The van der Waals surface area contributed by atoms with Crippen LogP contribution in [0.1, 0.15) is 26.2 Å². The van der Waals surface area contributed by atoms with Gasteiger partial charge < -0.3 is 0 Å². The Labute approximate surface area is 107 Å². The topological polar surface area (TPSA) is 83.6 Å². The number of nitrogens with zero attached hydrogens (tertiary/aromatic N) is 1. The van der Waals surface area contributed by atoms with E-state index < -0.39 is 25.0 Å². The van der Waals surface area contributed by atoms with E-state index >= 15 is 0 Å². The molecule has 1 rings (SSSR count). The number of hydrogen-bond acceptors (Lipinski definition) is 4. The van der Waals surface area contributed by atoms with Crippen LogP contribution < -0.4 is 4.72 Å². The predicted molar refractivity (Wildman–Crippen MR) is 66.6 cm³/mol. The van der Waals surface area contributed by atoms with Gasteiger partial charge in [0.2, 0.25) is 9.05 Å². The van der Waals surface area contributed by atoms with E-state index in [-0.39, 0.29) is 12.6 Å². The van der Waals surface area contributed by atoms with Gasteiger partial charge in [0, 0.05) is 29.8 Å². The van der Waals surface area contributed by atoms with Crippen molar-refractivity contribution < 1.29 is 16.8 Å². The van der Waals surface area contributed by atoms with Gasteiger partial charge in [0.15, 0.2) is 0 Å². The van der Waals surface area contributed by atoms with Crippen LogP contribution >= 0.6 is 10.7 Å². The molecule has 1 unspecified atom stereocenters. The minimum Gasteiger partial charge on any atom is -0.212 e. The highest BCUT2D eigenvalue weighted by molar-refractivity contribution is 8.13. The fourth-order valence-corrected chi connectivity index (χ4v) is 3.99. The highest BCUT2D eigenvalue weighted by Gasteiger charge is 2.29. The first kappa shape index (κ1) is 15.2. The lowest BCUT2D eigenvalue weighted by Gasteiger charge is -2.32. The quantitative estimate of drug-likeness (QED) is 0.739. The molecule has 1 fully saturated rings. The van der Waals surface area contributed by atoms with E-state index in [4.69, 9.17) is 10.7 Å². The maximum atomic E-state index is 11.9. The Morgan fingerprint density at radius 1 is 1.29 bits per heavy atom. The molecule has 9 heteroatoms. The Kier molecular flexibility index (Phi) is 5.21. The van der Waals surface area contributed by atoms with Crippen LogP contribution in [0.5, 0.6) is 0 Å². The normalized spacial score (nSPS) is 23.8. The van der Waals surface area contributed by atoms with Crippen LogP contribution in [-0.4, -0.2) is 46.0 Å². The van der Waals surface area contributed by atoms with Gasteiger partial charge in [-0.1, -0.05) is 6.42 Å². The minimum absolute atomic E-state index is 0.0474. The van der Waals surface area contributed by atoms with Gasteiger partial charge in [0.25, 0.3) is 10.2 Å². The van der Waals surface area contributed by atoms with Crippen LogP contribution in [0.4, 0.5) is 0 Å². The van der Waals surface area contributed by atoms with E-state index in [1.807, 2.05) is 6.92 Å². The van der Waals surface area contributed by atoms with E-state index in [9.17, 15) is 16.8 Å². The highest BCUT2D eigenvalue weighted by Crippen LogP contribution is 2.18. The molecule has 0 saturated carbocycles. The molecule has 1 heterocycles. The average Bonchev–Trinajstić information content (AvgIpc) is 2.15. The summed E-state index contributed by atoms with van der Waals surface area (Å²) >= 11 is 0. The molecule has 0 radical (unpaired) electrons. The maximum absolute atomic E-state index is 11.9. The summed E-state index contributed by atoms with van der Waals surface area (Å²) in [5.74, 6) is -0.407. The van der Waals surface area contributed by atoms with Crippen molar-refractivity contribution in [3.63, 3.8) is 0 Å². The van der Waals surface area contributed by atoms with Crippen LogP contribution in [0.25, 0.3) is 0 Å². The summed E-state index contributed by atoms with van der Waals surface area (Å²) in [5, 5.41) is 0. The second kappa shape index (κ2) is 5.83. The van der Waals surface area contributed by atoms with Crippen molar-refractivity contribution in [3.8, 4) is 0 Å². The summed E-state index contributed by atoms with van der Waals surface area (Å²) < 4.78 is 48.7. The Hall–Kier alpha value is 0.110. The summed E-state index contributed by atoms with van der Waals surface area (Å²) in [6.07, 6.45) is 2.68. The molecule has 0 aromatic rings. The number of hydrogen-bond donors (Lipinski definition) is 1. The van der Waals surface area contributed by atoms with Crippen LogP contribution in [0, 0.1) is 0 Å². The molecule has 0 aromatic heterocycles. The Morgan fingerprint density at radius 3 is 2.47 bits per heavy atom. The zero-order valence-electron chi connectivity index (χ0n) is 9.59. The van der Waals surface area contributed by atoms with E-state index in [0.717, 1.165) is 19.3 Å². The largest absolute Gasteiger partial charge is 0.279 e. The second-order valence-corrected chi connectivity index (χ2v) is 8.70. The zero-order valence-corrected chi connectivity index (χ0v) is 12.0. The van der Waals surface area contributed by atoms with Crippen molar-refractivity contribution in [2.24, 2.45) is 0 Å². The monoisotopic (exact) mass is 304 g/mol. The van der Waals surface area contributed by atoms with Gasteiger partial charge in [0.1, 0.15) is 0 Å². The van der Waals surface area contributed by atoms with Gasteiger partial charge >= 0.3 is 0 Å². The highest BCUT2D eigenvalue weighted by atomic mass is 35.7. The van der Waals surface area contributed by atoms with Gasteiger partial charge in [0.05, 0.1) is 5.75 Å². The van der Waals surface area contributed by atoms with Crippen molar-refractivity contribution in [1.82, 2.24) is 9.03 Å². The van der Waals surface area contributed by atoms with Crippen LogP contribution in [0.15, 0.2) is 0 Å². The third-order valence-corrected chi connectivity index (χ3v) is 5.56. The predicted octanol–water partition coefficient (Wildman–Crippen LogP) is 0.264. The van der Waals surface area contributed by atoms with Gasteiger partial charge in [-0.25, -0.2) is 13.1 Å². The van der Waals surface area contributed by atoms with Crippen LogP contribution in [0.3, 0.4) is 0 Å². The molecule has 1 aliphatic rings. The first-order valence-corrected chi connectivity index (χ1v) is 9.33. The molecule has 1 N–H and O–H groups in total. The van der Waals surface area contributed by atoms with Gasteiger partial charge in [-0.05, 0) is 19.8 Å². The van der Waals surface area contributed by atoms with E-state index in [2.05, 4.69) is 4.72 Å². The number of piperidine rings is 1. The average molecular weight is 305 g/mol. The second-order valence-electron chi connectivity index (χ2n) is 4.10. The smallest absolute Gasteiger partial charge is 0.212 e. The fourth-order valence-electron chi connectivity index (χ4n) is 1.80. The summed E-state index contributed by atoms with van der Waals surface area (Å²) in [4.78, 5) is 0. The third kappa shape index (κ3) is 5.09. The lowest BCUT2D eigenvalue weighted by Crippen LogP contribution is -2.48. The van der Waals surface area contributed by atoms with E-state index in [0.29, 0.717) is 6.54 Å². The molecule has 0 aromatic carbocycles. The van der Waals surface area contributed by atoms with Crippen molar-refractivity contribution in [2.75, 3.05) is 18.8 Å². The summed E-state index contributed by atoms with van der Waals surface area (Å²) in [7, 11) is -2.26. The molecule has 1 aliphatic heterocycles.